The monoisotopic (exact) mass is 264 g/mol. The molecule has 0 radical (unpaired) electrons. The first kappa shape index (κ1) is 14.0. The summed E-state index contributed by atoms with van der Waals surface area (Å²) in [5.41, 5.74) is 7.28. The minimum Gasteiger partial charge on any atom is -0.378 e. The van der Waals surface area contributed by atoms with Crippen molar-refractivity contribution in [2.24, 2.45) is 5.73 Å². The van der Waals surface area contributed by atoms with Crippen molar-refractivity contribution in [3.63, 3.8) is 0 Å². The lowest BCUT2D eigenvalue weighted by molar-refractivity contribution is -0.384. The molecule has 0 aliphatic heterocycles. The molecule has 1 atom stereocenters. The number of methoxy groups -OCH3 is 1. The van der Waals surface area contributed by atoms with Gasteiger partial charge in [0.05, 0.1) is 10.5 Å². The van der Waals surface area contributed by atoms with Gasteiger partial charge < -0.3 is 10.5 Å². The summed E-state index contributed by atoms with van der Waals surface area (Å²) in [7, 11) is 1.75. The predicted octanol–water partition coefficient (Wildman–Crippen LogP) is 2.42. The number of hydrogen-bond donors (Lipinski definition) is 1. The molecule has 2 N–H and O–H groups in total. The third-order valence-corrected chi connectivity index (χ3v) is 3.98. The van der Waals surface area contributed by atoms with Crippen molar-refractivity contribution < 1.29 is 9.66 Å². The predicted molar refractivity (Wildman–Crippen MR) is 73.0 cm³/mol. The van der Waals surface area contributed by atoms with Crippen LogP contribution < -0.4 is 5.73 Å². The molecule has 1 aliphatic rings. The summed E-state index contributed by atoms with van der Waals surface area (Å²) in [6.07, 6.45) is 4.94. The number of hydrogen-bond acceptors (Lipinski definition) is 4. The van der Waals surface area contributed by atoms with Crippen molar-refractivity contribution >= 4 is 5.69 Å². The number of nitro groups is 1. The Hall–Kier alpha value is -1.46. The van der Waals surface area contributed by atoms with Gasteiger partial charge in [0.2, 0.25) is 0 Å². The number of nitrogens with zero attached hydrogens (tertiary/aromatic N) is 1. The molecule has 0 aromatic heterocycles. The molecule has 1 aromatic carbocycles. The summed E-state index contributed by atoms with van der Waals surface area (Å²) in [5, 5.41) is 10.6. The summed E-state index contributed by atoms with van der Waals surface area (Å²) in [5.74, 6) is 0. The SMILES string of the molecule is COC1(CC(N)Cc2ccc([N+](=O)[O-])cc2)CCC1. The van der Waals surface area contributed by atoms with Gasteiger partial charge in [0.1, 0.15) is 0 Å². The topological polar surface area (TPSA) is 78.4 Å². The average molecular weight is 264 g/mol. The fourth-order valence-electron chi connectivity index (χ4n) is 2.67. The van der Waals surface area contributed by atoms with Crippen molar-refractivity contribution in [2.45, 2.75) is 43.7 Å². The van der Waals surface area contributed by atoms with Crippen LogP contribution in [0.3, 0.4) is 0 Å². The molecule has 1 unspecified atom stereocenters. The minimum absolute atomic E-state index is 0.0276. The lowest BCUT2D eigenvalue weighted by Gasteiger charge is -2.42. The first-order chi connectivity index (χ1) is 9.04. The van der Waals surface area contributed by atoms with Crippen LogP contribution in [0.1, 0.15) is 31.2 Å². The second-order valence-corrected chi connectivity index (χ2v) is 5.33. The third kappa shape index (κ3) is 3.30. The summed E-state index contributed by atoms with van der Waals surface area (Å²) in [6.45, 7) is 0. The van der Waals surface area contributed by atoms with Gasteiger partial charge in [-0.2, -0.15) is 0 Å². The van der Waals surface area contributed by atoms with Crippen LogP contribution in [0, 0.1) is 10.1 Å². The van der Waals surface area contributed by atoms with Gasteiger partial charge in [-0.05, 0) is 37.7 Å². The van der Waals surface area contributed by atoms with Gasteiger partial charge in [0.15, 0.2) is 0 Å². The van der Waals surface area contributed by atoms with Gasteiger partial charge in [-0.25, -0.2) is 0 Å². The molecule has 0 spiro atoms. The second-order valence-electron chi connectivity index (χ2n) is 5.33. The Bertz CT molecular complexity index is 435. The molecule has 1 aliphatic carbocycles. The largest absolute Gasteiger partial charge is 0.378 e. The van der Waals surface area contributed by atoms with Crippen molar-refractivity contribution in [2.75, 3.05) is 7.11 Å². The first-order valence-corrected chi connectivity index (χ1v) is 6.59. The van der Waals surface area contributed by atoms with Crippen LogP contribution >= 0.6 is 0 Å². The van der Waals surface area contributed by atoms with Crippen molar-refractivity contribution in [1.29, 1.82) is 0 Å². The van der Waals surface area contributed by atoms with Crippen LogP contribution in [-0.4, -0.2) is 23.7 Å². The summed E-state index contributed by atoms with van der Waals surface area (Å²) in [6, 6.07) is 6.63. The van der Waals surface area contributed by atoms with Gasteiger partial charge in [-0.1, -0.05) is 12.1 Å². The first-order valence-electron chi connectivity index (χ1n) is 6.59. The zero-order valence-corrected chi connectivity index (χ0v) is 11.2. The summed E-state index contributed by atoms with van der Waals surface area (Å²) in [4.78, 5) is 10.2. The molecule has 0 amide bonds. The van der Waals surface area contributed by atoms with E-state index in [1.165, 1.54) is 18.6 Å². The number of ether oxygens (including phenoxy) is 1. The molecule has 1 saturated carbocycles. The summed E-state index contributed by atoms with van der Waals surface area (Å²) < 4.78 is 5.56. The zero-order chi connectivity index (χ0) is 13.9. The van der Waals surface area contributed by atoms with E-state index in [-0.39, 0.29) is 17.3 Å². The lowest BCUT2D eigenvalue weighted by Crippen LogP contribution is -2.44. The molecular formula is C14H20N2O3. The van der Waals surface area contributed by atoms with E-state index >= 15 is 0 Å². The molecular weight excluding hydrogens is 244 g/mol. The van der Waals surface area contributed by atoms with E-state index in [0.717, 1.165) is 31.2 Å². The van der Waals surface area contributed by atoms with Crippen LogP contribution in [-0.2, 0) is 11.2 Å². The van der Waals surface area contributed by atoms with Crippen LogP contribution in [0.15, 0.2) is 24.3 Å². The highest BCUT2D eigenvalue weighted by molar-refractivity contribution is 5.33. The highest BCUT2D eigenvalue weighted by atomic mass is 16.6. The molecule has 1 fully saturated rings. The Morgan fingerprint density at radius 3 is 2.47 bits per heavy atom. The minimum atomic E-state index is -0.391. The van der Waals surface area contributed by atoms with Crippen molar-refractivity contribution in [1.82, 2.24) is 0 Å². The molecule has 2 rings (SSSR count). The Morgan fingerprint density at radius 1 is 1.42 bits per heavy atom. The zero-order valence-electron chi connectivity index (χ0n) is 11.2. The molecule has 0 saturated heterocycles. The van der Waals surface area contributed by atoms with Crippen molar-refractivity contribution in [3.8, 4) is 0 Å². The van der Waals surface area contributed by atoms with Crippen LogP contribution in [0.25, 0.3) is 0 Å². The highest BCUT2D eigenvalue weighted by Crippen LogP contribution is 2.38. The molecule has 5 nitrogen and oxygen atoms in total. The van der Waals surface area contributed by atoms with Gasteiger partial charge >= 0.3 is 0 Å². The average Bonchev–Trinajstić information content (AvgIpc) is 2.34. The van der Waals surface area contributed by atoms with Gasteiger partial charge in [-0.3, -0.25) is 10.1 Å². The number of benzene rings is 1. The number of rotatable bonds is 6. The molecule has 5 heteroatoms. The van der Waals surface area contributed by atoms with Crippen LogP contribution in [0.5, 0.6) is 0 Å². The van der Waals surface area contributed by atoms with Crippen LogP contribution in [0.4, 0.5) is 5.69 Å². The number of non-ortho nitro benzene ring substituents is 1. The van der Waals surface area contributed by atoms with E-state index in [0.29, 0.717) is 0 Å². The standard InChI is InChI=1S/C14H20N2O3/c1-19-14(7-2-8-14)10-12(15)9-11-3-5-13(6-4-11)16(17)18/h3-6,12H,2,7-10,15H2,1H3. The van der Waals surface area contributed by atoms with E-state index in [2.05, 4.69) is 0 Å². The molecule has 104 valence electrons. The van der Waals surface area contributed by atoms with Gasteiger partial charge in [0, 0.05) is 25.3 Å². The Kier molecular flexibility index (Phi) is 4.17. The van der Waals surface area contributed by atoms with E-state index < -0.39 is 4.92 Å². The fourth-order valence-corrected chi connectivity index (χ4v) is 2.67. The number of nitrogens with two attached hydrogens (primary N) is 1. The maximum Gasteiger partial charge on any atom is 0.269 e. The number of nitro benzene ring substituents is 1. The highest BCUT2D eigenvalue weighted by Gasteiger charge is 2.38. The van der Waals surface area contributed by atoms with Crippen molar-refractivity contribution in [3.05, 3.63) is 39.9 Å². The van der Waals surface area contributed by atoms with Gasteiger partial charge in [-0.15, -0.1) is 0 Å². The molecule has 19 heavy (non-hydrogen) atoms. The maximum absolute atomic E-state index is 10.6. The maximum atomic E-state index is 10.6. The molecule has 0 heterocycles. The summed E-state index contributed by atoms with van der Waals surface area (Å²) >= 11 is 0. The Morgan fingerprint density at radius 2 is 2.05 bits per heavy atom. The third-order valence-electron chi connectivity index (χ3n) is 3.98. The second kappa shape index (κ2) is 5.67. The van der Waals surface area contributed by atoms with Gasteiger partial charge in [0.25, 0.3) is 5.69 Å². The van der Waals surface area contributed by atoms with E-state index in [1.807, 2.05) is 0 Å². The Labute approximate surface area is 112 Å². The van der Waals surface area contributed by atoms with Crippen LogP contribution in [0.2, 0.25) is 0 Å². The smallest absolute Gasteiger partial charge is 0.269 e. The van der Waals surface area contributed by atoms with E-state index in [4.69, 9.17) is 10.5 Å². The Balaban J connectivity index is 1.91. The fraction of sp³-hybridized carbons (Fsp3) is 0.571. The van der Waals surface area contributed by atoms with E-state index in [9.17, 15) is 10.1 Å². The lowest BCUT2D eigenvalue weighted by atomic mass is 9.75. The van der Waals surface area contributed by atoms with E-state index in [1.54, 1.807) is 19.2 Å². The normalized spacial score (nSPS) is 18.6. The molecule has 1 aromatic rings. The molecule has 0 bridgehead atoms. The quantitative estimate of drug-likeness (QED) is 0.632.